The fraction of sp³-hybridized carbons (Fsp3) is 0.438. The number of nitro benzene ring substituents is 1. The molecular weight excluding hydrogens is 346 g/mol. The summed E-state index contributed by atoms with van der Waals surface area (Å²) >= 11 is 0. The van der Waals surface area contributed by atoms with Gasteiger partial charge in [0.25, 0.3) is 5.69 Å². The van der Waals surface area contributed by atoms with Crippen LogP contribution in [0.2, 0.25) is 0 Å². The van der Waals surface area contributed by atoms with E-state index in [2.05, 4.69) is 22.7 Å². The fourth-order valence-electron chi connectivity index (χ4n) is 2.53. The van der Waals surface area contributed by atoms with Crippen LogP contribution in [0.5, 0.6) is 0 Å². The van der Waals surface area contributed by atoms with Gasteiger partial charge in [-0.25, -0.2) is 4.57 Å². The maximum absolute atomic E-state index is 10.7. The molecule has 5 nitrogen and oxygen atoms in total. The summed E-state index contributed by atoms with van der Waals surface area (Å²) < 4.78 is 2.22. The molecule has 0 bridgehead atoms. The number of hydrogen-bond acceptors (Lipinski definition) is 2. The molecule has 120 valence electrons. The smallest absolute Gasteiger partial charge is 0.269 e. The summed E-state index contributed by atoms with van der Waals surface area (Å²) in [6, 6.07) is 7.36. The molecule has 22 heavy (non-hydrogen) atoms. The molecule has 0 fully saturated rings. The third-order valence-corrected chi connectivity index (χ3v) is 3.79. The number of non-ortho nitro benzene ring substituents is 1. The number of aromatic nitrogens is 2. The summed E-state index contributed by atoms with van der Waals surface area (Å²) in [6.45, 7) is 2.20. The van der Waals surface area contributed by atoms with Crippen molar-refractivity contribution >= 4 is 5.69 Å². The molecule has 1 N–H and O–H groups in total. The fourth-order valence-corrected chi connectivity index (χ4v) is 2.53. The van der Waals surface area contributed by atoms with Gasteiger partial charge in [-0.1, -0.05) is 25.5 Å². The van der Waals surface area contributed by atoms with Crippen LogP contribution in [0.25, 0.3) is 0 Å². The predicted molar refractivity (Wildman–Crippen MR) is 81.0 cm³/mol. The molecule has 6 heteroatoms. The van der Waals surface area contributed by atoms with Crippen molar-refractivity contribution in [1.82, 2.24) is 4.98 Å². The van der Waals surface area contributed by atoms with Crippen LogP contribution in [-0.2, 0) is 6.42 Å². The number of nitro groups is 1. The van der Waals surface area contributed by atoms with E-state index in [4.69, 9.17) is 0 Å². The van der Waals surface area contributed by atoms with Gasteiger partial charge in [-0.2, -0.15) is 0 Å². The first-order chi connectivity index (χ1) is 10.2. The highest BCUT2D eigenvalue weighted by Gasteiger charge is 2.15. The van der Waals surface area contributed by atoms with Crippen molar-refractivity contribution in [2.24, 2.45) is 0 Å². The first-order valence-electron chi connectivity index (χ1n) is 7.47. The highest BCUT2D eigenvalue weighted by Crippen LogP contribution is 2.18. The Kier molecular flexibility index (Phi) is 7.80. The van der Waals surface area contributed by atoms with E-state index in [0.29, 0.717) is 6.04 Å². The van der Waals surface area contributed by atoms with Crippen LogP contribution in [0.3, 0.4) is 0 Å². The van der Waals surface area contributed by atoms with E-state index in [1.54, 1.807) is 12.1 Å². The van der Waals surface area contributed by atoms with E-state index in [-0.39, 0.29) is 27.6 Å². The van der Waals surface area contributed by atoms with Crippen molar-refractivity contribution < 1.29 is 26.5 Å². The largest absolute Gasteiger partial charge is 1.00 e. The molecule has 0 saturated heterocycles. The van der Waals surface area contributed by atoms with Crippen LogP contribution in [-0.4, -0.2) is 9.91 Å². The van der Waals surface area contributed by atoms with Crippen LogP contribution >= 0.6 is 0 Å². The number of H-pyrrole nitrogens is 1. The Hall–Kier alpha value is -1.69. The first-order valence-corrected chi connectivity index (χ1v) is 7.47. The Labute approximate surface area is 141 Å². The zero-order chi connectivity index (χ0) is 15.1. The van der Waals surface area contributed by atoms with Crippen LogP contribution in [0.15, 0.2) is 43.0 Å². The number of benzene rings is 1. The summed E-state index contributed by atoms with van der Waals surface area (Å²) in [7, 11) is 0. The number of nitrogens with one attached hydrogen (secondary N) is 1. The van der Waals surface area contributed by atoms with Crippen molar-refractivity contribution in [2.45, 2.75) is 45.1 Å². The van der Waals surface area contributed by atoms with E-state index in [9.17, 15) is 10.1 Å². The molecule has 2 aromatic rings. The summed E-state index contributed by atoms with van der Waals surface area (Å²) in [6.07, 6.45) is 11.5. The Morgan fingerprint density at radius 2 is 2.00 bits per heavy atom. The number of aryl methyl sites for hydroxylation is 1. The standard InChI is InChI=1S/C16H21N3O2.BrH/c1-2-3-4-15(18-12-11-17-13-18)8-5-14-6-9-16(10-7-14)19(20)21;/h6-7,9-13,15H,2-5,8H2,1H3;1H. The van der Waals surface area contributed by atoms with Gasteiger partial charge in [0.2, 0.25) is 6.33 Å². The molecule has 0 aliphatic heterocycles. The number of nitrogens with zero attached hydrogens (tertiary/aromatic N) is 2. The average molecular weight is 368 g/mol. The van der Waals surface area contributed by atoms with Crippen molar-refractivity contribution in [1.29, 1.82) is 0 Å². The predicted octanol–water partition coefficient (Wildman–Crippen LogP) is 0.579. The van der Waals surface area contributed by atoms with Gasteiger partial charge in [-0.05, 0) is 31.2 Å². The summed E-state index contributed by atoms with van der Waals surface area (Å²) in [5.74, 6) is 0. The quantitative estimate of drug-likeness (QED) is 0.421. The zero-order valence-electron chi connectivity index (χ0n) is 12.7. The second-order valence-corrected chi connectivity index (χ2v) is 5.32. The first kappa shape index (κ1) is 18.4. The molecule has 2 rings (SSSR count). The van der Waals surface area contributed by atoms with E-state index in [1.807, 2.05) is 24.7 Å². The van der Waals surface area contributed by atoms with Crippen molar-refractivity contribution in [3.05, 3.63) is 58.7 Å². The van der Waals surface area contributed by atoms with Gasteiger partial charge in [0, 0.05) is 12.1 Å². The Balaban J connectivity index is 0.00000242. The van der Waals surface area contributed by atoms with Gasteiger partial charge in [0.1, 0.15) is 18.4 Å². The lowest BCUT2D eigenvalue weighted by atomic mass is 10.0. The lowest BCUT2D eigenvalue weighted by molar-refractivity contribution is -0.723. The molecule has 0 radical (unpaired) electrons. The SMILES string of the molecule is CCCCC(CCc1ccc([N+](=O)[O-])cc1)[n+]1cc[nH]c1.[Br-]. The Morgan fingerprint density at radius 1 is 1.27 bits per heavy atom. The van der Waals surface area contributed by atoms with E-state index < -0.39 is 0 Å². The Bertz CT molecular complexity index is 555. The van der Waals surface area contributed by atoms with Crippen molar-refractivity contribution in [3.63, 3.8) is 0 Å². The molecule has 0 spiro atoms. The number of rotatable bonds is 8. The van der Waals surface area contributed by atoms with Gasteiger partial charge < -0.3 is 17.0 Å². The molecule has 1 unspecified atom stereocenters. The summed E-state index contributed by atoms with van der Waals surface area (Å²) in [4.78, 5) is 13.4. The summed E-state index contributed by atoms with van der Waals surface area (Å²) in [5.41, 5.74) is 1.31. The topological polar surface area (TPSA) is 62.8 Å². The molecule has 0 aliphatic rings. The molecule has 0 saturated carbocycles. The average Bonchev–Trinajstić information content (AvgIpc) is 3.02. The van der Waals surface area contributed by atoms with Gasteiger partial charge in [0.15, 0.2) is 0 Å². The van der Waals surface area contributed by atoms with Gasteiger partial charge in [-0.3, -0.25) is 15.1 Å². The van der Waals surface area contributed by atoms with Gasteiger partial charge in [0.05, 0.1) is 4.92 Å². The molecule has 1 heterocycles. The van der Waals surface area contributed by atoms with E-state index in [0.717, 1.165) is 24.8 Å². The van der Waals surface area contributed by atoms with Crippen molar-refractivity contribution in [2.75, 3.05) is 0 Å². The minimum Gasteiger partial charge on any atom is -1.00 e. The zero-order valence-corrected chi connectivity index (χ0v) is 14.3. The van der Waals surface area contributed by atoms with Gasteiger partial charge >= 0.3 is 0 Å². The molecule has 0 amide bonds. The number of hydrogen-bond donors (Lipinski definition) is 1. The number of aromatic amines is 1. The highest BCUT2D eigenvalue weighted by atomic mass is 79.9. The number of unbranched alkanes of at least 4 members (excludes halogenated alkanes) is 1. The second kappa shape index (κ2) is 9.35. The minimum absolute atomic E-state index is 0. The van der Waals surface area contributed by atoms with Crippen LogP contribution < -0.4 is 21.5 Å². The molecular formula is C16H22BrN3O2. The van der Waals surface area contributed by atoms with Gasteiger partial charge in [-0.15, -0.1) is 0 Å². The second-order valence-electron chi connectivity index (χ2n) is 5.32. The molecule has 1 aromatic heterocycles. The van der Waals surface area contributed by atoms with Crippen LogP contribution in [0, 0.1) is 10.1 Å². The lowest BCUT2D eigenvalue weighted by Gasteiger charge is -2.13. The monoisotopic (exact) mass is 367 g/mol. The third kappa shape index (κ3) is 5.26. The highest BCUT2D eigenvalue weighted by molar-refractivity contribution is 5.32. The van der Waals surface area contributed by atoms with Crippen LogP contribution in [0.4, 0.5) is 5.69 Å². The van der Waals surface area contributed by atoms with Crippen LogP contribution in [0.1, 0.15) is 44.2 Å². The molecule has 1 aromatic carbocycles. The minimum atomic E-state index is -0.358. The van der Waals surface area contributed by atoms with Crippen molar-refractivity contribution in [3.8, 4) is 0 Å². The maximum atomic E-state index is 10.7. The normalized spacial score (nSPS) is 11.7. The molecule has 0 aliphatic carbocycles. The van der Waals surface area contributed by atoms with E-state index in [1.165, 1.54) is 12.8 Å². The lowest BCUT2D eigenvalue weighted by Crippen LogP contribution is -3.00. The molecule has 1 atom stereocenters. The Morgan fingerprint density at radius 3 is 2.55 bits per heavy atom. The summed E-state index contributed by atoms with van der Waals surface area (Å²) in [5, 5.41) is 10.7. The maximum Gasteiger partial charge on any atom is 0.269 e. The number of halogens is 1. The third-order valence-electron chi connectivity index (χ3n) is 3.79. The van der Waals surface area contributed by atoms with E-state index >= 15 is 0 Å². The number of imidazole rings is 1.